The van der Waals surface area contributed by atoms with Gasteiger partial charge in [-0.25, -0.2) is 0 Å². The van der Waals surface area contributed by atoms with Gasteiger partial charge in [-0.1, -0.05) is 0 Å². The number of aliphatic hydroxyl groups excluding tert-OH is 1. The van der Waals surface area contributed by atoms with E-state index in [4.69, 9.17) is 10.4 Å². The molecule has 116 valence electrons. The standard InChI is InChI=1S/C12H10F6N2O/c13-11(14,15)8-3-7(10(6-19)20-1-2-21)4-9(5-8)12(16,17)18/h3-5,10,20-21H,1-2H2. The van der Waals surface area contributed by atoms with Crippen LogP contribution < -0.4 is 5.32 Å². The third kappa shape index (κ3) is 4.61. The predicted molar refractivity (Wildman–Crippen MR) is 59.9 cm³/mol. The average Bonchev–Trinajstić information content (AvgIpc) is 2.37. The van der Waals surface area contributed by atoms with Gasteiger partial charge in [0.2, 0.25) is 0 Å². The van der Waals surface area contributed by atoms with Gasteiger partial charge in [0.25, 0.3) is 0 Å². The molecule has 0 spiro atoms. The summed E-state index contributed by atoms with van der Waals surface area (Å²) in [5, 5.41) is 19.8. The Morgan fingerprint density at radius 1 is 1.05 bits per heavy atom. The molecule has 0 aliphatic rings. The van der Waals surface area contributed by atoms with Crippen LogP contribution in [0.2, 0.25) is 0 Å². The summed E-state index contributed by atoms with van der Waals surface area (Å²) in [7, 11) is 0. The van der Waals surface area contributed by atoms with Gasteiger partial charge in [0.05, 0.1) is 23.8 Å². The number of nitrogens with zero attached hydrogens (tertiary/aromatic N) is 1. The second-order valence-corrected chi connectivity index (χ2v) is 4.08. The fourth-order valence-corrected chi connectivity index (χ4v) is 1.59. The highest BCUT2D eigenvalue weighted by Crippen LogP contribution is 2.37. The van der Waals surface area contributed by atoms with Crippen LogP contribution in [0.1, 0.15) is 22.7 Å². The lowest BCUT2D eigenvalue weighted by Gasteiger charge is -2.17. The number of alkyl halides is 6. The summed E-state index contributed by atoms with van der Waals surface area (Å²) < 4.78 is 75.9. The van der Waals surface area contributed by atoms with E-state index in [1.54, 1.807) is 6.07 Å². The molecule has 0 saturated carbocycles. The first-order chi connectivity index (χ1) is 9.59. The first kappa shape index (κ1) is 17.3. The van der Waals surface area contributed by atoms with Crippen molar-refractivity contribution in [3.05, 3.63) is 34.9 Å². The first-order valence-corrected chi connectivity index (χ1v) is 5.63. The molecule has 1 unspecified atom stereocenters. The van der Waals surface area contributed by atoms with Gasteiger partial charge < -0.3 is 5.11 Å². The van der Waals surface area contributed by atoms with Crippen LogP contribution in [0, 0.1) is 11.3 Å². The molecule has 0 aliphatic carbocycles. The van der Waals surface area contributed by atoms with Crippen molar-refractivity contribution >= 4 is 0 Å². The van der Waals surface area contributed by atoms with Crippen molar-refractivity contribution in [3.63, 3.8) is 0 Å². The van der Waals surface area contributed by atoms with E-state index in [-0.39, 0.29) is 12.6 Å². The van der Waals surface area contributed by atoms with Crippen LogP contribution in [-0.4, -0.2) is 18.3 Å². The molecule has 1 atom stereocenters. The number of halogens is 6. The maximum absolute atomic E-state index is 12.6. The van der Waals surface area contributed by atoms with E-state index in [0.29, 0.717) is 12.1 Å². The van der Waals surface area contributed by atoms with Gasteiger partial charge in [0, 0.05) is 6.54 Å². The molecule has 9 heteroatoms. The summed E-state index contributed by atoms with van der Waals surface area (Å²) in [5.74, 6) is 0. The van der Waals surface area contributed by atoms with Gasteiger partial charge in [-0.15, -0.1) is 0 Å². The van der Waals surface area contributed by atoms with Gasteiger partial charge in [-0.05, 0) is 23.8 Å². The molecule has 0 amide bonds. The molecule has 3 nitrogen and oxygen atoms in total. The fraction of sp³-hybridized carbons (Fsp3) is 0.417. The van der Waals surface area contributed by atoms with Crippen LogP contribution in [0.25, 0.3) is 0 Å². The Hall–Kier alpha value is -1.79. The zero-order chi connectivity index (χ0) is 16.3. The predicted octanol–water partition coefficient (Wildman–Crippen LogP) is 2.87. The van der Waals surface area contributed by atoms with E-state index < -0.39 is 41.7 Å². The highest BCUT2D eigenvalue weighted by atomic mass is 19.4. The molecular formula is C12H10F6N2O. The molecule has 0 bridgehead atoms. The molecular weight excluding hydrogens is 302 g/mol. The Bertz CT molecular complexity index is 500. The third-order valence-electron chi connectivity index (χ3n) is 2.53. The Kier molecular flexibility index (Phi) is 5.20. The largest absolute Gasteiger partial charge is 0.416 e. The molecule has 0 aromatic heterocycles. The van der Waals surface area contributed by atoms with Gasteiger partial charge in [-0.3, -0.25) is 5.32 Å². The van der Waals surface area contributed by atoms with Crippen molar-refractivity contribution in [1.29, 1.82) is 5.26 Å². The molecule has 0 radical (unpaired) electrons. The molecule has 0 aliphatic heterocycles. The summed E-state index contributed by atoms with van der Waals surface area (Å²) in [6.07, 6.45) is -9.93. The van der Waals surface area contributed by atoms with Crippen LogP contribution in [0.5, 0.6) is 0 Å². The second-order valence-electron chi connectivity index (χ2n) is 4.08. The van der Waals surface area contributed by atoms with Gasteiger partial charge in [0.1, 0.15) is 6.04 Å². The van der Waals surface area contributed by atoms with Crippen LogP contribution in [0.3, 0.4) is 0 Å². The highest BCUT2D eigenvalue weighted by molar-refractivity contribution is 5.37. The van der Waals surface area contributed by atoms with Crippen molar-refractivity contribution in [3.8, 4) is 6.07 Å². The minimum absolute atomic E-state index is 0.00994. The highest BCUT2D eigenvalue weighted by Gasteiger charge is 2.37. The second kappa shape index (κ2) is 6.32. The molecule has 1 rings (SSSR count). The molecule has 0 heterocycles. The van der Waals surface area contributed by atoms with Crippen molar-refractivity contribution in [2.45, 2.75) is 18.4 Å². The third-order valence-corrected chi connectivity index (χ3v) is 2.53. The van der Waals surface area contributed by atoms with Crippen LogP contribution in [0.4, 0.5) is 26.3 Å². The Labute approximate surface area is 115 Å². The van der Waals surface area contributed by atoms with Crippen molar-refractivity contribution < 1.29 is 31.4 Å². The normalized spacial score (nSPS) is 13.8. The van der Waals surface area contributed by atoms with Crippen LogP contribution in [0.15, 0.2) is 18.2 Å². The average molecular weight is 312 g/mol. The van der Waals surface area contributed by atoms with E-state index in [9.17, 15) is 26.3 Å². The number of benzene rings is 1. The molecule has 0 saturated heterocycles. The monoisotopic (exact) mass is 312 g/mol. The van der Waals surface area contributed by atoms with Crippen molar-refractivity contribution in [2.75, 3.05) is 13.2 Å². The lowest BCUT2D eigenvalue weighted by molar-refractivity contribution is -0.143. The van der Waals surface area contributed by atoms with E-state index in [1.165, 1.54) is 0 Å². The smallest absolute Gasteiger partial charge is 0.395 e. The van der Waals surface area contributed by atoms with Crippen LogP contribution >= 0.6 is 0 Å². The van der Waals surface area contributed by atoms with E-state index in [2.05, 4.69) is 5.32 Å². The summed E-state index contributed by atoms with van der Waals surface area (Å²) in [6, 6.07) is 1.11. The number of hydrogen-bond acceptors (Lipinski definition) is 3. The van der Waals surface area contributed by atoms with Crippen molar-refractivity contribution in [2.24, 2.45) is 0 Å². The summed E-state index contributed by atoms with van der Waals surface area (Å²) in [4.78, 5) is 0. The molecule has 1 aromatic carbocycles. The van der Waals surface area contributed by atoms with Crippen LogP contribution in [-0.2, 0) is 12.4 Å². The number of hydrogen-bond donors (Lipinski definition) is 2. The molecule has 0 fully saturated rings. The quantitative estimate of drug-likeness (QED) is 0.841. The van der Waals surface area contributed by atoms with E-state index in [0.717, 1.165) is 0 Å². The SMILES string of the molecule is N#CC(NCCO)c1cc(C(F)(F)F)cc(C(F)(F)F)c1. The Morgan fingerprint density at radius 2 is 1.52 bits per heavy atom. The lowest BCUT2D eigenvalue weighted by atomic mass is 10.00. The minimum Gasteiger partial charge on any atom is -0.395 e. The summed E-state index contributed by atoms with van der Waals surface area (Å²) in [5.41, 5.74) is -3.44. The lowest BCUT2D eigenvalue weighted by Crippen LogP contribution is -2.24. The number of nitriles is 1. The zero-order valence-electron chi connectivity index (χ0n) is 10.4. The topological polar surface area (TPSA) is 56.0 Å². The molecule has 21 heavy (non-hydrogen) atoms. The Balaban J connectivity index is 3.34. The zero-order valence-corrected chi connectivity index (χ0v) is 10.4. The summed E-state index contributed by atoms with van der Waals surface area (Å²) in [6.45, 7) is -0.556. The van der Waals surface area contributed by atoms with E-state index in [1.807, 2.05) is 0 Å². The first-order valence-electron chi connectivity index (χ1n) is 5.63. The minimum atomic E-state index is -4.97. The van der Waals surface area contributed by atoms with Gasteiger partial charge in [0.15, 0.2) is 0 Å². The Morgan fingerprint density at radius 3 is 1.86 bits per heavy atom. The maximum atomic E-state index is 12.6. The van der Waals surface area contributed by atoms with Crippen molar-refractivity contribution in [1.82, 2.24) is 5.32 Å². The molecule has 2 N–H and O–H groups in total. The number of aliphatic hydroxyl groups is 1. The van der Waals surface area contributed by atoms with E-state index >= 15 is 0 Å². The number of nitrogens with one attached hydrogen (secondary N) is 1. The van der Waals surface area contributed by atoms with Gasteiger partial charge in [-0.2, -0.15) is 31.6 Å². The number of rotatable bonds is 4. The fourth-order valence-electron chi connectivity index (χ4n) is 1.59. The maximum Gasteiger partial charge on any atom is 0.416 e. The molecule has 1 aromatic rings. The van der Waals surface area contributed by atoms with Gasteiger partial charge >= 0.3 is 12.4 Å². The summed E-state index contributed by atoms with van der Waals surface area (Å²) >= 11 is 0.